The highest BCUT2D eigenvalue weighted by atomic mass is 16.5. The van der Waals surface area contributed by atoms with E-state index in [1.807, 2.05) is 0 Å². The lowest BCUT2D eigenvalue weighted by Gasteiger charge is -2.18. The molecule has 0 saturated heterocycles. The zero-order valence-corrected chi connectivity index (χ0v) is 13.6. The first-order valence-electron chi connectivity index (χ1n) is 7.21. The van der Waals surface area contributed by atoms with Gasteiger partial charge in [-0.1, -0.05) is 6.07 Å². The number of rotatable bonds is 7. The van der Waals surface area contributed by atoms with E-state index < -0.39 is 17.9 Å². The Balaban J connectivity index is 2.28. The highest BCUT2D eigenvalue weighted by molar-refractivity contribution is 5.92. The Morgan fingerprint density at radius 2 is 1.96 bits per heavy atom. The number of ether oxygens (including phenoxy) is 2. The van der Waals surface area contributed by atoms with Crippen LogP contribution < -0.4 is 14.8 Å². The van der Waals surface area contributed by atoms with Gasteiger partial charge in [-0.2, -0.15) is 5.10 Å². The molecule has 1 aromatic carbocycles. The van der Waals surface area contributed by atoms with Gasteiger partial charge in [0.1, 0.15) is 5.69 Å². The fourth-order valence-electron chi connectivity index (χ4n) is 2.26. The summed E-state index contributed by atoms with van der Waals surface area (Å²) in [6.07, 6.45) is -0.273. The van der Waals surface area contributed by atoms with Gasteiger partial charge in [0.2, 0.25) is 0 Å². The lowest BCUT2D eigenvalue weighted by Crippen LogP contribution is -2.30. The quantitative estimate of drug-likeness (QED) is 0.710. The van der Waals surface area contributed by atoms with Crippen molar-refractivity contribution < 1.29 is 24.2 Å². The normalized spacial score (nSPS) is 11.6. The molecule has 0 aliphatic rings. The first-order valence-corrected chi connectivity index (χ1v) is 7.21. The number of aliphatic carboxylic acids is 1. The van der Waals surface area contributed by atoms with Gasteiger partial charge in [-0.05, 0) is 30.7 Å². The molecule has 0 bridgehead atoms. The second-order valence-electron chi connectivity index (χ2n) is 5.17. The Bertz CT molecular complexity index is 741. The molecule has 0 radical (unpaired) electrons. The maximum absolute atomic E-state index is 12.3. The van der Waals surface area contributed by atoms with Crippen LogP contribution in [0, 0.1) is 6.92 Å². The van der Waals surface area contributed by atoms with Crippen molar-refractivity contribution in [1.29, 1.82) is 0 Å². The third kappa shape index (κ3) is 4.03. The van der Waals surface area contributed by atoms with Crippen molar-refractivity contribution in [1.82, 2.24) is 15.5 Å². The molecule has 8 heteroatoms. The fraction of sp³-hybridized carbons (Fsp3) is 0.312. The van der Waals surface area contributed by atoms with Crippen molar-refractivity contribution in [2.24, 2.45) is 0 Å². The summed E-state index contributed by atoms with van der Waals surface area (Å²) in [5, 5.41) is 18.4. The molecule has 0 fully saturated rings. The predicted molar refractivity (Wildman–Crippen MR) is 85.3 cm³/mol. The van der Waals surface area contributed by atoms with Gasteiger partial charge >= 0.3 is 5.97 Å². The molecule has 0 aliphatic heterocycles. The van der Waals surface area contributed by atoms with Crippen molar-refractivity contribution in [2.75, 3.05) is 14.2 Å². The minimum Gasteiger partial charge on any atom is -0.493 e. The highest BCUT2D eigenvalue weighted by Crippen LogP contribution is 2.31. The van der Waals surface area contributed by atoms with Crippen LogP contribution in [0.2, 0.25) is 0 Å². The molecule has 8 nitrogen and oxygen atoms in total. The summed E-state index contributed by atoms with van der Waals surface area (Å²) >= 11 is 0. The SMILES string of the molecule is COc1ccc(C(CC(=O)O)NC(=O)c2cc(C)[nH]n2)cc1OC. The van der Waals surface area contributed by atoms with Gasteiger partial charge in [-0.3, -0.25) is 14.7 Å². The number of carboxylic acid groups (broad SMARTS) is 1. The van der Waals surface area contributed by atoms with Crippen LogP contribution in [0.5, 0.6) is 11.5 Å². The molecule has 1 heterocycles. The molecule has 1 amide bonds. The highest BCUT2D eigenvalue weighted by Gasteiger charge is 2.21. The van der Waals surface area contributed by atoms with Gasteiger partial charge in [-0.25, -0.2) is 0 Å². The van der Waals surface area contributed by atoms with Crippen LogP contribution in [0.1, 0.15) is 34.2 Å². The molecule has 2 rings (SSSR count). The molecule has 1 unspecified atom stereocenters. The first kappa shape index (κ1) is 17.3. The number of carbonyl (C=O) groups excluding carboxylic acids is 1. The standard InChI is InChI=1S/C16H19N3O5/c1-9-6-12(19-18-9)16(22)17-11(8-15(20)21)10-4-5-13(23-2)14(7-10)24-3/h4-7,11H,8H2,1-3H3,(H,17,22)(H,18,19)(H,20,21). The van der Waals surface area contributed by atoms with Crippen LogP contribution in [-0.2, 0) is 4.79 Å². The Morgan fingerprint density at radius 3 is 2.50 bits per heavy atom. The summed E-state index contributed by atoms with van der Waals surface area (Å²) < 4.78 is 10.4. The van der Waals surface area contributed by atoms with E-state index in [-0.39, 0.29) is 12.1 Å². The second kappa shape index (κ2) is 7.49. The van der Waals surface area contributed by atoms with E-state index in [1.54, 1.807) is 31.2 Å². The number of nitrogens with zero attached hydrogens (tertiary/aromatic N) is 1. The molecular weight excluding hydrogens is 314 g/mol. The summed E-state index contributed by atoms with van der Waals surface area (Å²) in [6.45, 7) is 1.77. The zero-order valence-electron chi connectivity index (χ0n) is 13.6. The minimum atomic E-state index is -1.03. The van der Waals surface area contributed by atoms with E-state index in [0.29, 0.717) is 17.1 Å². The van der Waals surface area contributed by atoms with Crippen molar-refractivity contribution in [2.45, 2.75) is 19.4 Å². The molecule has 2 aromatic rings. The lowest BCUT2D eigenvalue weighted by atomic mass is 10.0. The Hall–Kier alpha value is -3.03. The average Bonchev–Trinajstić information content (AvgIpc) is 2.99. The molecule has 1 aromatic heterocycles. The van der Waals surface area contributed by atoms with Crippen molar-refractivity contribution in [3.63, 3.8) is 0 Å². The number of methoxy groups -OCH3 is 2. The molecule has 128 valence electrons. The monoisotopic (exact) mass is 333 g/mol. The third-order valence-corrected chi connectivity index (χ3v) is 3.43. The Morgan fingerprint density at radius 1 is 1.25 bits per heavy atom. The number of H-pyrrole nitrogens is 1. The van der Waals surface area contributed by atoms with Gasteiger partial charge in [0.05, 0.1) is 26.7 Å². The smallest absolute Gasteiger partial charge is 0.305 e. The van der Waals surface area contributed by atoms with Gasteiger partial charge in [-0.15, -0.1) is 0 Å². The summed E-state index contributed by atoms with van der Waals surface area (Å²) in [5.74, 6) is -0.520. The molecule has 0 spiro atoms. The summed E-state index contributed by atoms with van der Waals surface area (Å²) in [7, 11) is 2.99. The van der Waals surface area contributed by atoms with Crippen molar-refractivity contribution in [3.05, 3.63) is 41.2 Å². The molecule has 0 saturated carbocycles. The molecule has 1 atom stereocenters. The van der Waals surface area contributed by atoms with E-state index in [9.17, 15) is 9.59 Å². The maximum Gasteiger partial charge on any atom is 0.305 e. The third-order valence-electron chi connectivity index (χ3n) is 3.43. The minimum absolute atomic E-state index is 0.198. The fourth-order valence-corrected chi connectivity index (χ4v) is 2.26. The number of carboxylic acids is 1. The number of amides is 1. The number of nitrogens with one attached hydrogen (secondary N) is 2. The van der Waals surface area contributed by atoms with Crippen molar-refractivity contribution in [3.8, 4) is 11.5 Å². The number of hydrogen-bond donors (Lipinski definition) is 3. The maximum atomic E-state index is 12.3. The second-order valence-corrected chi connectivity index (χ2v) is 5.17. The summed E-state index contributed by atoms with van der Waals surface area (Å²) in [6, 6.07) is 5.84. The van der Waals surface area contributed by atoms with E-state index in [0.717, 1.165) is 5.69 Å². The Labute approximate surface area is 138 Å². The number of aromatic amines is 1. The predicted octanol–water partition coefficient (Wildman–Crippen LogP) is 1.68. The van der Waals surface area contributed by atoms with E-state index in [4.69, 9.17) is 14.6 Å². The van der Waals surface area contributed by atoms with Crippen LogP contribution in [0.4, 0.5) is 0 Å². The molecular formula is C16H19N3O5. The van der Waals surface area contributed by atoms with Gasteiger partial charge in [0, 0.05) is 5.69 Å². The largest absolute Gasteiger partial charge is 0.493 e. The first-order chi connectivity index (χ1) is 11.4. The van der Waals surface area contributed by atoms with Crippen LogP contribution in [-0.4, -0.2) is 41.4 Å². The number of aromatic nitrogens is 2. The molecule has 3 N–H and O–H groups in total. The van der Waals surface area contributed by atoms with Gasteiger partial charge in [0.25, 0.3) is 5.91 Å². The zero-order chi connectivity index (χ0) is 17.7. The summed E-state index contributed by atoms with van der Waals surface area (Å²) in [5.41, 5.74) is 1.53. The van der Waals surface area contributed by atoms with Gasteiger partial charge in [0.15, 0.2) is 11.5 Å². The van der Waals surface area contributed by atoms with Crippen LogP contribution in [0.3, 0.4) is 0 Å². The van der Waals surface area contributed by atoms with Crippen LogP contribution in [0.25, 0.3) is 0 Å². The number of carbonyl (C=O) groups is 2. The van der Waals surface area contributed by atoms with Gasteiger partial charge < -0.3 is 19.9 Å². The Kier molecular flexibility index (Phi) is 5.41. The lowest BCUT2D eigenvalue weighted by molar-refractivity contribution is -0.137. The van der Waals surface area contributed by atoms with Crippen molar-refractivity contribution >= 4 is 11.9 Å². The van der Waals surface area contributed by atoms with E-state index in [2.05, 4.69) is 15.5 Å². The van der Waals surface area contributed by atoms with Crippen LogP contribution in [0.15, 0.2) is 24.3 Å². The number of benzene rings is 1. The number of hydrogen-bond acceptors (Lipinski definition) is 5. The molecule has 0 aliphatic carbocycles. The summed E-state index contributed by atoms with van der Waals surface area (Å²) in [4.78, 5) is 23.4. The number of aryl methyl sites for hydroxylation is 1. The van der Waals surface area contributed by atoms with E-state index in [1.165, 1.54) is 14.2 Å². The van der Waals surface area contributed by atoms with Crippen LogP contribution >= 0.6 is 0 Å². The molecule has 24 heavy (non-hydrogen) atoms. The topological polar surface area (TPSA) is 114 Å². The van der Waals surface area contributed by atoms with E-state index >= 15 is 0 Å². The average molecular weight is 333 g/mol.